The standard InChI is InChI=1S/C12H16N2O5S/c15-12-6-5-10(9-11(12)14(16)17)20(18,19)13-7-3-1-2-4-8-13/h5-6,9,15H,1-4,7-8H2. The number of hydrogen-bond acceptors (Lipinski definition) is 5. The number of phenols is 1. The number of nitrogens with zero attached hydrogens (tertiary/aromatic N) is 2. The van der Waals surface area contributed by atoms with Crippen molar-refractivity contribution in [3.8, 4) is 5.75 Å². The van der Waals surface area contributed by atoms with E-state index in [4.69, 9.17) is 0 Å². The van der Waals surface area contributed by atoms with E-state index in [2.05, 4.69) is 0 Å². The lowest BCUT2D eigenvalue weighted by atomic mass is 10.2. The Kier molecular flexibility index (Phi) is 4.24. The molecule has 1 heterocycles. The average Bonchev–Trinajstić information content (AvgIpc) is 2.67. The quantitative estimate of drug-likeness (QED) is 0.678. The summed E-state index contributed by atoms with van der Waals surface area (Å²) in [7, 11) is -3.74. The van der Waals surface area contributed by atoms with Crippen LogP contribution in [-0.2, 0) is 10.0 Å². The zero-order valence-electron chi connectivity index (χ0n) is 10.9. The summed E-state index contributed by atoms with van der Waals surface area (Å²) in [6.07, 6.45) is 3.56. The molecule has 0 atom stereocenters. The zero-order chi connectivity index (χ0) is 14.8. The van der Waals surface area contributed by atoms with Gasteiger partial charge >= 0.3 is 5.69 Å². The van der Waals surface area contributed by atoms with Crippen LogP contribution in [0.4, 0.5) is 5.69 Å². The first-order chi connectivity index (χ1) is 9.43. The van der Waals surface area contributed by atoms with Gasteiger partial charge < -0.3 is 5.11 Å². The van der Waals surface area contributed by atoms with Crippen molar-refractivity contribution in [1.29, 1.82) is 0 Å². The van der Waals surface area contributed by atoms with Crippen LogP contribution < -0.4 is 0 Å². The van der Waals surface area contributed by atoms with Gasteiger partial charge in [-0.15, -0.1) is 0 Å². The molecule has 1 fully saturated rings. The van der Waals surface area contributed by atoms with E-state index in [9.17, 15) is 23.6 Å². The second-order valence-corrected chi connectivity index (χ2v) is 6.66. The van der Waals surface area contributed by atoms with Crippen molar-refractivity contribution in [2.75, 3.05) is 13.1 Å². The van der Waals surface area contributed by atoms with Crippen LogP contribution in [0.3, 0.4) is 0 Å². The van der Waals surface area contributed by atoms with E-state index >= 15 is 0 Å². The molecule has 0 saturated carbocycles. The fourth-order valence-corrected chi connectivity index (χ4v) is 3.78. The Balaban J connectivity index is 2.38. The minimum absolute atomic E-state index is 0.149. The minimum atomic E-state index is -3.74. The first kappa shape index (κ1) is 14.7. The summed E-state index contributed by atoms with van der Waals surface area (Å²) in [5.74, 6) is -0.537. The van der Waals surface area contributed by atoms with Gasteiger partial charge in [0, 0.05) is 19.2 Å². The van der Waals surface area contributed by atoms with E-state index < -0.39 is 26.4 Å². The Morgan fingerprint density at radius 1 is 1.15 bits per heavy atom. The fraction of sp³-hybridized carbons (Fsp3) is 0.500. The highest BCUT2D eigenvalue weighted by atomic mass is 32.2. The van der Waals surface area contributed by atoms with Crippen molar-refractivity contribution >= 4 is 15.7 Å². The van der Waals surface area contributed by atoms with Gasteiger partial charge in [-0.2, -0.15) is 4.31 Å². The van der Waals surface area contributed by atoms with Crippen LogP contribution in [0.15, 0.2) is 23.1 Å². The third kappa shape index (κ3) is 2.91. The molecule has 1 saturated heterocycles. The predicted octanol–water partition coefficient (Wildman–Crippen LogP) is 1.87. The van der Waals surface area contributed by atoms with Crippen molar-refractivity contribution < 1.29 is 18.4 Å². The Morgan fingerprint density at radius 2 is 1.75 bits per heavy atom. The summed E-state index contributed by atoms with van der Waals surface area (Å²) in [6, 6.07) is 3.15. The van der Waals surface area contributed by atoms with Crippen LogP contribution in [-0.4, -0.2) is 35.8 Å². The van der Waals surface area contributed by atoms with Crippen molar-refractivity contribution in [2.24, 2.45) is 0 Å². The number of sulfonamides is 1. The molecule has 1 N–H and O–H groups in total. The summed E-state index contributed by atoms with van der Waals surface area (Å²) in [5, 5.41) is 20.1. The van der Waals surface area contributed by atoms with Crippen LogP contribution in [0.5, 0.6) is 5.75 Å². The molecule has 0 aromatic heterocycles. The molecule has 1 aliphatic rings. The molecular weight excluding hydrogens is 284 g/mol. The van der Waals surface area contributed by atoms with Crippen LogP contribution in [0.2, 0.25) is 0 Å². The minimum Gasteiger partial charge on any atom is -0.502 e. The maximum atomic E-state index is 12.4. The smallest absolute Gasteiger partial charge is 0.312 e. The highest BCUT2D eigenvalue weighted by Gasteiger charge is 2.27. The van der Waals surface area contributed by atoms with Gasteiger partial charge in [0.2, 0.25) is 10.0 Å². The lowest BCUT2D eigenvalue weighted by Crippen LogP contribution is -2.31. The second-order valence-electron chi connectivity index (χ2n) is 4.73. The maximum Gasteiger partial charge on any atom is 0.312 e. The molecule has 0 aliphatic carbocycles. The van der Waals surface area contributed by atoms with Crippen LogP contribution in [0, 0.1) is 10.1 Å². The lowest BCUT2D eigenvalue weighted by molar-refractivity contribution is -0.386. The van der Waals surface area contributed by atoms with Gasteiger partial charge in [-0.25, -0.2) is 8.42 Å². The number of nitro benzene ring substituents is 1. The Labute approximate surface area is 117 Å². The number of benzene rings is 1. The summed E-state index contributed by atoms with van der Waals surface area (Å²) in [5.41, 5.74) is -0.596. The molecule has 0 radical (unpaired) electrons. The topological polar surface area (TPSA) is 101 Å². The summed E-state index contributed by atoms with van der Waals surface area (Å²) in [6.45, 7) is 0.855. The average molecular weight is 300 g/mol. The van der Waals surface area contributed by atoms with E-state index in [1.807, 2.05) is 0 Å². The van der Waals surface area contributed by atoms with Gasteiger partial charge in [-0.1, -0.05) is 12.8 Å². The summed E-state index contributed by atoms with van der Waals surface area (Å²) < 4.78 is 26.3. The predicted molar refractivity (Wildman–Crippen MR) is 72.0 cm³/mol. The van der Waals surface area contributed by atoms with Crippen molar-refractivity contribution in [2.45, 2.75) is 30.6 Å². The molecular formula is C12H16N2O5S. The van der Waals surface area contributed by atoms with Crippen LogP contribution in [0.25, 0.3) is 0 Å². The molecule has 0 spiro atoms. The van der Waals surface area contributed by atoms with E-state index in [1.165, 1.54) is 10.4 Å². The van der Waals surface area contributed by atoms with E-state index in [-0.39, 0.29) is 4.90 Å². The zero-order valence-corrected chi connectivity index (χ0v) is 11.7. The number of aromatic hydroxyl groups is 1. The number of rotatable bonds is 3. The maximum absolute atomic E-state index is 12.4. The molecule has 1 aliphatic heterocycles. The molecule has 20 heavy (non-hydrogen) atoms. The molecule has 0 bridgehead atoms. The summed E-state index contributed by atoms with van der Waals surface area (Å²) in [4.78, 5) is 9.83. The van der Waals surface area contributed by atoms with Gasteiger partial charge in [0.25, 0.3) is 0 Å². The van der Waals surface area contributed by atoms with E-state index in [0.29, 0.717) is 13.1 Å². The molecule has 8 heteroatoms. The fourth-order valence-electron chi connectivity index (χ4n) is 2.24. The molecule has 110 valence electrons. The molecule has 7 nitrogen and oxygen atoms in total. The molecule has 0 unspecified atom stereocenters. The van der Waals surface area contributed by atoms with Gasteiger partial charge in [-0.05, 0) is 25.0 Å². The second kappa shape index (κ2) is 5.76. The van der Waals surface area contributed by atoms with Gasteiger partial charge in [0.1, 0.15) is 0 Å². The highest BCUT2D eigenvalue weighted by molar-refractivity contribution is 7.89. The molecule has 1 aromatic rings. The number of phenolic OH excluding ortho intramolecular Hbond substituents is 1. The van der Waals surface area contributed by atoms with E-state index in [1.54, 1.807) is 0 Å². The van der Waals surface area contributed by atoms with Crippen molar-refractivity contribution in [3.05, 3.63) is 28.3 Å². The molecule has 0 amide bonds. The first-order valence-electron chi connectivity index (χ1n) is 6.40. The van der Waals surface area contributed by atoms with E-state index in [0.717, 1.165) is 37.8 Å². The summed E-state index contributed by atoms with van der Waals surface area (Å²) >= 11 is 0. The monoisotopic (exact) mass is 300 g/mol. The van der Waals surface area contributed by atoms with Gasteiger partial charge in [0.05, 0.1) is 9.82 Å². The first-order valence-corrected chi connectivity index (χ1v) is 7.84. The Hall–Kier alpha value is -1.67. The SMILES string of the molecule is O=[N+]([O-])c1cc(S(=O)(=O)N2CCCCCC2)ccc1O. The van der Waals surface area contributed by atoms with Gasteiger partial charge in [-0.3, -0.25) is 10.1 Å². The number of nitro groups is 1. The largest absolute Gasteiger partial charge is 0.502 e. The Bertz CT molecular complexity index is 606. The normalized spacial score (nSPS) is 17.6. The van der Waals surface area contributed by atoms with Crippen molar-refractivity contribution in [1.82, 2.24) is 4.31 Å². The molecule has 1 aromatic carbocycles. The van der Waals surface area contributed by atoms with Gasteiger partial charge in [0.15, 0.2) is 5.75 Å². The number of hydrogen-bond donors (Lipinski definition) is 1. The van der Waals surface area contributed by atoms with Crippen molar-refractivity contribution in [3.63, 3.8) is 0 Å². The Morgan fingerprint density at radius 3 is 2.30 bits per heavy atom. The third-order valence-electron chi connectivity index (χ3n) is 3.35. The van der Waals surface area contributed by atoms with Crippen LogP contribution >= 0.6 is 0 Å². The third-order valence-corrected chi connectivity index (χ3v) is 5.24. The highest BCUT2D eigenvalue weighted by Crippen LogP contribution is 2.30. The molecule has 2 rings (SSSR count). The van der Waals surface area contributed by atoms with Crippen LogP contribution in [0.1, 0.15) is 25.7 Å². The lowest BCUT2D eigenvalue weighted by Gasteiger charge is -2.19.